The van der Waals surface area contributed by atoms with Crippen molar-refractivity contribution in [2.75, 3.05) is 7.11 Å². The number of carbonyl (C=O) groups is 1. The molecule has 0 amide bonds. The number of aromatic nitrogens is 1. The molecule has 1 aromatic heterocycles. The van der Waals surface area contributed by atoms with Crippen LogP contribution in [0.4, 0.5) is 13.2 Å². The first-order valence-corrected chi connectivity index (χ1v) is 6.28. The molecule has 116 valence electrons. The fraction of sp³-hybridized carbons (Fsp3) is 0.143. The topological polar surface area (TPSA) is 48.4 Å². The molecule has 0 saturated heterocycles. The summed E-state index contributed by atoms with van der Waals surface area (Å²) in [5.41, 5.74) is 0.169. The number of pyridine rings is 1. The van der Waals surface area contributed by atoms with Crippen LogP contribution in [0, 0.1) is 0 Å². The van der Waals surface area contributed by atoms with Gasteiger partial charge in [0, 0.05) is 11.8 Å². The Morgan fingerprint density at radius 1 is 1.27 bits per heavy atom. The van der Waals surface area contributed by atoms with Gasteiger partial charge in [-0.05, 0) is 18.2 Å². The standard InChI is InChI=1S/C14H9ClF3NO3/c1-21-13(20)9-6-11(19-7-10(9)15)8-4-2-3-5-12(8)22-14(16,17)18/h2-7H,1H3. The first kappa shape index (κ1) is 16.1. The molecule has 0 N–H and O–H groups in total. The Labute approximate surface area is 128 Å². The molecule has 2 aromatic rings. The number of nitrogens with zero attached hydrogens (tertiary/aromatic N) is 1. The monoisotopic (exact) mass is 331 g/mol. The smallest absolute Gasteiger partial charge is 0.465 e. The Hall–Kier alpha value is -2.28. The van der Waals surface area contributed by atoms with Gasteiger partial charge in [-0.15, -0.1) is 13.2 Å². The van der Waals surface area contributed by atoms with Crippen molar-refractivity contribution in [1.82, 2.24) is 4.98 Å². The molecule has 22 heavy (non-hydrogen) atoms. The molecule has 0 aliphatic carbocycles. The van der Waals surface area contributed by atoms with E-state index in [9.17, 15) is 18.0 Å². The molecule has 8 heteroatoms. The molecule has 0 aliphatic heterocycles. The molecule has 0 unspecified atom stereocenters. The average Bonchev–Trinajstić information content (AvgIpc) is 2.46. The maximum absolute atomic E-state index is 12.4. The van der Waals surface area contributed by atoms with Crippen LogP contribution in [0.25, 0.3) is 11.3 Å². The number of halogens is 4. The van der Waals surface area contributed by atoms with Gasteiger partial charge in [0.25, 0.3) is 0 Å². The third-order valence-electron chi connectivity index (χ3n) is 2.65. The Morgan fingerprint density at radius 3 is 2.59 bits per heavy atom. The normalized spacial score (nSPS) is 11.1. The number of esters is 1. The lowest BCUT2D eigenvalue weighted by molar-refractivity contribution is -0.274. The van der Waals surface area contributed by atoms with Crippen LogP contribution in [-0.4, -0.2) is 24.4 Å². The number of methoxy groups -OCH3 is 1. The molecule has 0 atom stereocenters. The zero-order valence-electron chi connectivity index (χ0n) is 11.1. The second kappa shape index (κ2) is 6.23. The van der Waals surface area contributed by atoms with E-state index in [0.717, 1.165) is 12.3 Å². The van der Waals surface area contributed by atoms with Crippen molar-refractivity contribution < 1.29 is 27.4 Å². The lowest BCUT2D eigenvalue weighted by atomic mass is 10.1. The maximum Gasteiger partial charge on any atom is 0.573 e. The van der Waals surface area contributed by atoms with Crippen molar-refractivity contribution in [3.63, 3.8) is 0 Å². The van der Waals surface area contributed by atoms with Gasteiger partial charge in [-0.1, -0.05) is 23.7 Å². The van der Waals surface area contributed by atoms with Gasteiger partial charge in [-0.2, -0.15) is 0 Å². The van der Waals surface area contributed by atoms with E-state index in [0.29, 0.717) is 0 Å². The van der Waals surface area contributed by atoms with Crippen LogP contribution < -0.4 is 4.74 Å². The van der Waals surface area contributed by atoms with E-state index in [1.165, 1.54) is 31.4 Å². The summed E-state index contributed by atoms with van der Waals surface area (Å²) in [6, 6.07) is 6.69. The van der Waals surface area contributed by atoms with Gasteiger partial charge in [0.1, 0.15) is 5.75 Å². The third-order valence-corrected chi connectivity index (χ3v) is 2.95. The molecule has 0 aliphatic rings. The van der Waals surface area contributed by atoms with E-state index in [4.69, 9.17) is 11.6 Å². The van der Waals surface area contributed by atoms with Gasteiger partial charge in [0.2, 0.25) is 0 Å². The Bertz CT molecular complexity index is 704. The zero-order valence-corrected chi connectivity index (χ0v) is 11.9. The number of hydrogen-bond acceptors (Lipinski definition) is 4. The van der Waals surface area contributed by atoms with Crippen molar-refractivity contribution >= 4 is 17.6 Å². The van der Waals surface area contributed by atoms with E-state index >= 15 is 0 Å². The van der Waals surface area contributed by atoms with E-state index in [-0.39, 0.29) is 21.8 Å². The molecule has 0 radical (unpaired) electrons. The summed E-state index contributed by atoms with van der Waals surface area (Å²) in [5.74, 6) is -1.15. The summed E-state index contributed by atoms with van der Waals surface area (Å²) in [5, 5.41) is 0.0322. The number of para-hydroxylation sites is 1. The molecule has 1 aromatic carbocycles. The van der Waals surface area contributed by atoms with Gasteiger partial charge in [0.15, 0.2) is 0 Å². The highest BCUT2D eigenvalue weighted by Gasteiger charge is 2.32. The van der Waals surface area contributed by atoms with Gasteiger partial charge in [-0.25, -0.2) is 4.79 Å². The third kappa shape index (κ3) is 3.67. The molecule has 0 bridgehead atoms. The molecular formula is C14H9ClF3NO3. The quantitative estimate of drug-likeness (QED) is 0.795. The SMILES string of the molecule is COC(=O)c1cc(-c2ccccc2OC(F)(F)F)ncc1Cl. The van der Waals surface area contributed by atoms with Gasteiger partial charge >= 0.3 is 12.3 Å². The van der Waals surface area contributed by atoms with Crippen LogP contribution in [0.3, 0.4) is 0 Å². The fourth-order valence-corrected chi connectivity index (χ4v) is 1.92. The Morgan fingerprint density at radius 2 is 1.95 bits per heavy atom. The highest BCUT2D eigenvalue weighted by atomic mass is 35.5. The van der Waals surface area contributed by atoms with Crippen LogP contribution in [-0.2, 0) is 4.74 Å². The number of alkyl halides is 3. The molecule has 0 saturated carbocycles. The second-order valence-electron chi connectivity index (χ2n) is 4.08. The molecule has 2 rings (SSSR count). The summed E-state index contributed by atoms with van der Waals surface area (Å²) in [6.07, 6.45) is -3.68. The minimum Gasteiger partial charge on any atom is -0.465 e. The first-order valence-electron chi connectivity index (χ1n) is 5.91. The van der Waals surface area contributed by atoms with Crippen molar-refractivity contribution in [3.8, 4) is 17.0 Å². The van der Waals surface area contributed by atoms with Crippen LogP contribution in [0.15, 0.2) is 36.5 Å². The molecule has 1 heterocycles. The van der Waals surface area contributed by atoms with Crippen LogP contribution >= 0.6 is 11.6 Å². The largest absolute Gasteiger partial charge is 0.573 e. The maximum atomic E-state index is 12.4. The number of carbonyl (C=O) groups excluding carboxylic acids is 1. The summed E-state index contributed by atoms with van der Waals surface area (Å²) in [6.45, 7) is 0. The predicted molar refractivity (Wildman–Crippen MR) is 72.7 cm³/mol. The minimum atomic E-state index is -4.84. The fourth-order valence-electron chi connectivity index (χ4n) is 1.74. The predicted octanol–water partition coefficient (Wildman–Crippen LogP) is 4.09. The van der Waals surface area contributed by atoms with E-state index in [2.05, 4.69) is 14.5 Å². The van der Waals surface area contributed by atoms with Crippen molar-refractivity contribution in [1.29, 1.82) is 0 Å². The van der Waals surface area contributed by atoms with Crippen LogP contribution in [0.2, 0.25) is 5.02 Å². The minimum absolute atomic E-state index is 0.00372. The number of ether oxygens (including phenoxy) is 2. The Balaban J connectivity index is 2.51. The molecule has 4 nitrogen and oxygen atoms in total. The summed E-state index contributed by atoms with van der Waals surface area (Å²) < 4.78 is 45.8. The van der Waals surface area contributed by atoms with Gasteiger partial charge in [0.05, 0.1) is 23.4 Å². The number of hydrogen-bond donors (Lipinski definition) is 0. The van der Waals surface area contributed by atoms with Crippen molar-refractivity contribution in [2.24, 2.45) is 0 Å². The van der Waals surface area contributed by atoms with Crippen molar-refractivity contribution in [2.45, 2.75) is 6.36 Å². The highest BCUT2D eigenvalue weighted by molar-refractivity contribution is 6.33. The van der Waals surface area contributed by atoms with Gasteiger partial charge in [-0.3, -0.25) is 4.98 Å². The lowest BCUT2D eigenvalue weighted by Gasteiger charge is -2.13. The van der Waals surface area contributed by atoms with E-state index < -0.39 is 18.1 Å². The van der Waals surface area contributed by atoms with Crippen molar-refractivity contribution in [3.05, 3.63) is 47.1 Å². The second-order valence-corrected chi connectivity index (χ2v) is 4.49. The average molecular weight is 332 g/mol. The summed E-state index contributed by atoms with van der Waals surface area (Å²) in [7, 11) is 1.17. The lowest BCUT2D eigenvalue weighted by Crippen LogP contribution is -2.17. The molecule has 0 fully saturated rings. The number of benzene rings is 1. The van der Waals surface area contributed by atoms with E-state index in [1.807, 2.05) is 0 Å². The zero-order chi connectivity index (χ0) is 16.3. The van der Waals surface area contributed by atoms with Crippen LogP contribution in [0.1, 0.15) is 10.4 Å². The summed E-state index contributed by atoms with van der Waals surface area (Å²) >= 11 is 5.83. The number of rotatable bonds is 3. The molecule has 0 spiro atoms. The van der Waals surface area contributed by atoms with E-state index in [1.54, 1.807) is 0 Å². The molecular weight excluding hydrogens is 323 g/mol. The first-order chi connectivity index (χ1) is 10.3. The van der Waals surface area contributed by atoms with Gasteiger partial charge < -0.3 is 9.47 Å². The Kier molecular flexibility index (Phi) is 4.56. The highest BCUT2D eigenvalue weighted by Crippen LogP contribution is 2.33. The van der Waals surface area contributed by atoms with Crippen LogP contribution in [0.5, 0.6) is 5.75 Å². The summed E-state index contributed by atoms with van der Waals surface area (Å²) in [4.78, 5) is 15.5.